The van der Waals surface area contributed by atoms with Gasteiger partial charge in [0.05, 0.1) is 0 Å². The number of hydrogen-bond acceptors (Lipinski definition) is 5. The quantitative estimate of drug-likeness (QED) is 0.246. The zero-order valence-corrected chi connectivity index (χ0v) is 8.65. The molecule has 6 N–H and O–H groups in total. The summed E-state index contributed by atoms with van der Waals surface area (Å²) in [6.07, 6.45) is 3.57. The smallest absolute Gasteiger partial charge is 0.371 e. The molecule has 0 aromatic carbocycles. The van der Waals surface area contributed by atoms with E-state index in [0.717, 1.165) is 32.4 Å². The third-order valence-corrected chi connectivity index (χ3v) is 2.00. The molecule has 0 radical (unpaired) electrons. The van der Waals surface area contributed by atoms with Crippen LogP contribution in [-0.2, 0) is 0 Å². The molecule has 86 valence electrons. The molecule has 0 fully saturated rings. The fraction of sp³-hybridized carbons (Fsp3) is 1.00. The maximum Gasteiger partial charge on any atom is 0.371 e. The maximum atomic E-state index is 8.63. The lowest BCUT2D eigenvalue weighted by atomic mass is 9.74. The van der Waals surface area contributed by atoms with Gasteiger partial charge in [-0.15, -0.1) is 0 Å². The van der Waals surface area contributed by atoms with Crippen molar-refractivity contribution < 1.29 is 15.1 Å². The van der Waals surface area contributed by atoms with Crippen LogP contribution in [0.3, 0.4) is 0 Å². The highest BCUT2D eigenvalue weighted by molar-refractivity contribution is 6.56. The summed E-state index contributed by atoms with van der Waals surface area (Å²) in [5.74, 6) is 0. The Hall–Kier alpha value is -0.135. The Morgan fingerprint density at radius 3 is 2.14 bits per heavy atom. The van der Waals surface area contributed by atoms with Crippen LogP contribution in [0.25, 0.3) is 0 Å². The summed E-state index contributed by atoms with van der Waals surface area (Å²) in [4.78, 5) is 0. The Bertz CT molecular complexity index is 130. The van der Waals surface area contributed by atoms with Gasteiger partial charge in [0.2, 0.25) is 0 Å². The third-order valence-electron chi connectivity index (χ3n) is 2.00. The highest BCUT2D eigenvalue weighted by Crippen LogP contribution is 2.05. The zero-order valence-electron chi connectivity index (χ0n) is 8.65. The van der Waals surface area contributed by atoms with E-state index in [2.05, 4.69) is 5.32 Å². The summed E-state index contributed by atoms with van der Waals surface area (Å²) in [5.41, 5.74) is 5.32. The van der Waals surface area contributed by atoms with Gasteiger partial charge in [-0.2, -0.15) is 0 Å². The van der Waals surface area contributed by atoms with Crippen molar-refractivity contribution in [1.29, 1.82) is 0 Å². The van der Waals surface area contributed by atoms with Gasteiger partial charge in [0.1, 0.15) is 0 Å². The van der Waals surface area contributed by atoms with Gasteiger partial charge < -0.3 is 26.1 Å². The van der Waals surface area contributed by atoms with E-state index in [1.807, 2.05) is 0 Å². The molecule has 0 bridgehead atoms. The fourth-order valence-electron chi connectivity index (χ4n) is 1.20. The van der Waals surface area contributed by atoms with E-state index in [1.54, 1.807) is 0 Å². The summed E-state index contributed by atoms with van der Waals surface area (Å²) in [6, 6.07) is 0. The zero-order chi connectivity index (χ0) is 10.9. The summed E-state index contributed by atoms with van der Waals surface area (Å²) < 4.78 is 0. The third kappa shape index (κ3) is 11.9. The van der Waals surface area contributed by atoms with E-state index in [1.165, 1.54) is 0 Å². The van der Waals surface area contributed by atoms with Crippen LogP contribution in [0.1, 0.15) is 25.7 Å². The van der Waals surface area contributed by atoms with Crippen molar-refractivity contribution in [3.8, 4) is 0 Å². The van der Waals surface area contributed by atoms with Crippen molar-refractivity contribution in [2.75, 3.05) is 19.6 Å². The van der Waals surface area contributed by atoms with Crippen molar-refractivity contribution in [2.24, 2.45) is 5.73 Å². The molecule has 0 aromatic heterocycles. The highest BCUT2D eigenvalue weighted by Gasteiger charge is 2.13. The largest absolute Gasteiger partial charge is 0.560 e. The van der Waals surface area contributed by atoms with Crippen LogP contribution < -0.4 is 11.1 Å². The molecule has 0 aliphatic carbocycles. The molecule has 0 heterocycles. The lowest BCUT2D eigenvalue weighted by Crippen LogP contribution is -2.34. The molecule has 0 aromatic rings. The molecule has 0 spiro atoms. The van der Waals surface area contributed by atoms with Gasteiger partial charge >= 0.3 is 6.75 Å². The lowest BCUT2D eigenvalue weighted by Gasteiger charge is -2.19. The second kappa shape index (κ2) is 8.20. The van der Waals surface area contributed by atoms with Crippen molar-refractivity contribution >= 4 is 6.75 Å². The van der Waals surface area contributed by atoms with Crippen molar-refractivity contribution in [1.82, 2.24) is 5.32 Å². The Kier molecular flexibility index (Phi) is 8.12. The first-order valence-electron chi connectivity index (χ1n) is 5.30. The minimum atomic E-state index is -3.07. The molecule has 0 aliphatic rings. The van der Waals surface area contributed by atoms with Crippen LogP contribution in [0.2, 0.25) is 6.32 Å². The van der Waals surface area contributed by atoms with Crippen LogP contribution in [0.5, 0.6) is 0 Å². The Labute approximate surface area is 85.3 Å². The van der Waals surface area contributed by atoms with Gasteiger partial charge in [-0.3, -0.25) is 0 Å². The molecule has 5 nitrogen and oxygen atoms in total. The van der Waals surface area contributed by atoms with Gasteiger partial charge in [-0.1, -0.05) is 19.2 Å². The number of rotatable bonds is 9. The van der Waals surface area contributed by atoms with E-state index in [0.29, 0.717) is 13.0 Å². The molecule has 6 heteroatoms. The van der Waals surface area contributed by atoms with Crippen LogP contribution >= 0.6 is 0 Å². The first-order chi connectivity index (χ1) is 6.56. The van der Waals surface area contributed by atoms with Crippen LogP contribution in [0, 0.1) is 0 Å². The van der Waals surface area contributed by atoms with E-state index >= 15 is 0 Å². The van der Waals surface area contributed by atoms with Gasteiger partial charge in [-0.25, -0.2) is 0 Å². The molecule has 0 aliphatic heterocycles. The average molecular weight is 205 g/mol. The van der Waals surface area contributed by atoms with Gasteiger partial charge in [0.15, 0.2) is 0 Å². The van der Waals surface area contributed by atoms with E-state index in [4.69, 9.17) is 20.8 Å². The predicted molar refractivity (Wildman–Crippen MR) is 57.6 cm³/mol. The van der Waals surface area contributed by atoms with E-state index in [-0.39, 0.29) is 6.32 Å². The molecule has 0 amide bonds. The SMILES string of the molecule is NCCCNCCCCC[B-](O)(O)O. The van der Waals surface area contributed by atoms with Crippen LogP contribution in [-0.4, -0.2) is 41.5 Å². The van der Waals surface area contributed by atoms with Gasteiger partial charge in [0.25, 0.3) is 0 Å². The summed E-state index contributed by atoms with van der Waals surface area (Å²) in [5, 5.41) is 29.1. The number of unbranched alkanes of at least 4 members (excludes halogenated alkanes) is 2. The Morgan fingerprint density at radius 2 is 1.57 bits per heavy atom. The normalized spacial score (nSPS) is 12.0. The van der Waals surface area contributed by atoms with Crippen molar-refractivity contribution in [3.63, 3.8) is 0 Å². The topological polar surface area (TPSA) is 98.7 Å². The summed E-state index contributed by atoms with van der Waals surface area (Å²) in [7, 11) is 0. The molecule has 0 rings (SSSR count). The first-order valence-corrected chi connectivity index (χ1v) is 5.30. The summed E-state index contributed by atoms with van der Waals surface area (Å²) >= 11 is 0. The lowest BCUT2D eigenvalue weighted by molar-refractivity contribution is 0.226. The maximum absolute atomic E-state index is 8.63. The molecule has 0 saturated carbocycles. The first kappa shape index (κ1) is 13.9. The van der Waals surface area contributed by atoms with Crippen LogP contribution in [0.4, 0.5) is 0 Å². The predicted octanol–water partition coefficient (Wildman–Crippen LogP) is -0.989. The minimum absolute atomic E-state index is 0.0722. The molecular weight excluding hydrogens is 183 g/mol. The number of nitrogens with one attached hydrogen (secondary N) is 1. The molecular formula is C8H22BN2O3-. The second-order valence-electron chi connectivity index (χ2n) is 3.64. The standard InChI is InChI=1S/C8H22BN2O3/c10-6-4-8-11-7-3-1-2-5-9(12,13)14/h11-14H,1-8,10H2/q-1. The number of nitrogens with two attached hydrogens (primary N) is 1. The molecule has 14 heavy (non-hydrogen) atoms. The van der Waals surface area contributed by atoms with Gasteiger partial charge in [0, 0.05) is 0 Å². The Morgan fingerprint density at radius 1 is 0.929 bits per heavy atom. The average Bonchev–Trinajstić information content (AvgIpc) is 2.08. The van der Waals surface area contributed by atoms with E-state index in [9.17, 15) is 0 Å². The van der Waals surface area contributed by atoms with Gasteiger partial charge in [-0.05, 0) is 32.5 Å². The Balaban J connectivity index is 2.99. The monoisotopic (exact) mass is 205 g/mol. The van der Waals surface area contributed by atoms with Crippen molar-refractivity contribution in [2.45, 2.75) is 32.0 Å². The van der Waals surface area contributed by atoms with Crippen molar-refractivity contribution in [3.05, 3.63) is 0 Å². The minimum Gasteiger partial charge on any atom is -0.560 e. The number of hydrogen-bond donors (Lipinski definition) is 5. The van der Waals surface area contributed by atoms with E-state index < -0.39 is 6.75 Å². The second-order valence-corrected chi connectivity index (χ2v) is 3.64. The molecule has 0 atom stereocenters. The van der Waals surface area contributed by atoms with Crippen LogP contribution in [0.15, 0.2) is 0 Å². The highest BCUT2D eigenvalue weighted by atomic mass is 16.5. The fourth-order valence-corrected chi connectivity index (χ4v) is 1.20. The molecule has 0 unspecified atom stereocenters. The molecule has 0 saturated heterocycles. The summed E-state index contributed by atoms with van der Waals surface area (Å²) in [6.45, 7) is -0.510.